The maximum absolute atomic E-state index is 12.2. The van der Waals surface area contributed by atoms with E-state index < -0.39 is 28.7 Å². The lowest BCUT2D eigenvalue weighted by Gasteiger charge is -2.09. The third-order valence-corrected chi connectivity index (χ3v) is 2.91. The van der Waals surface area contributed by atoms with Gasteiger partial charge >= 0.3 is 12.3 Å². The fourth-order valence-corrected chi connectivity index (χ4v) is 2.04. The summed E-state index contributed by atoms with van der Waals surface area (Å²) >= 11 is 0. The van der Waals surface area contributed by atoms with E-state index in [0.717, 1.165) is 18.3 Å². The van der Waals surface area contributed by atoms with Crippen LogP contribution in [0.2, 0.25) is 0 Å². The zero-order valence-electron chi connectivity index (χ0n) is 12.2. The number of rotatable bonds is 5. The maximum atomic E-state index is 12.2. The second-order valence-electron chi connectivity index (χ2n) is 4.47. The molecule has 2 aromatic rings. The van der Waals surface area contributed by atoms with Crippen LogP contribution in [0.15, 0.2) is 30.5 Å². The van der Waals surface area contributed by atoms with Crippen molar-refractivity contribution in [3.63, 3.8) is 0 Å². The summed E-state index contributed by atoms with van der Waals surface area (Å²) in [5.41, 5.74) is -0.465. The van der Waals surface area contributed by atoms with Gasteiger partial charge in [-0.15, -0.1) is 13.2 Å². The van der Waals surface area contributed by atoms with Crippen LogP contribution in [0, 0.1) is 10.1 Å². The van der Waals surface area contributed by atoms with Crippen LogP contribution >= 0.6 is 0 Å². The summed E-state index contributed by atoms with van der Waals surface area (Å²) in [5, 5.41) is 11.1. The lowest BCUT2D eigenvalue weighted by molar-refractivity contribution is -0.384. The molecule has 0 spiro atoms. The van der Waals surface area contributed by atoms with Gasteiger partial charge in [0.05, 0.1) is 23.3 Å². The number of benzene rings is 1. The number of hydrogen-bond donors (Lipinski definition) is 1. The largest absolute Gasteiger partial charge is 0.573 e. The van der Waals surface area contributed by atoms with Crippen LogP contribution in [0.5, 0.6) is 5.75 Å². The Bertz CT molecular complexity index is 753. The molecule has 1 aromatic carbocycles. The maximum Gasteiger partial charge on any atom is 0.573 e. The average molecular weight is 344 g/mol. The van der Waals surface area contributed by atoms with Gasteiger partial charge in [0.25, 0.3) is 5.69 Å². The van der Waals surface area contributed by atoms with E-state index in [2.05, 4.69) is 9.72 Å². The van der Waals surface area contributed by atoms with Crippen LogP contribution in [-0.4, -0.2) is 28.8 Å². The highest BCUT2D eigenvalue weighted by atomic mass is 19.4. The summed E-state index contributed by atoms with van der Waals surface area (Å²) in [7, 11) is 0. The number of aromatic nitrogens is 1. The Labute approximate surface area is 133 Å². The number of carbonyl (C=O) groups is 1. The zero-order valence-corrected chi connectivity index (χ0v) is 12.2. The molecule has 2 rings (SSSR count). The third-order valence-electron chi connectivity index (χ3n) is 2.91. The molecule has 128 valence electrons. The quantitative estimate of drug-likeness (QED) is 0.507. The molecule has 0 saturated carbocycles. The number of nitrogens with one attached hydrogen (secondary N) is 1. The highest BCUT2D eigenvalue weighted by Gasteiger charge is 2.31. The van der Waals surface area contributed by atoms with Gasteiger partial charge in [-0.1, -0.05) is 12.1 Å². The van der Waals surface area contributed by atoms with Crippen molar-refractivity contribution < 1.29 is 32.4 Å². The molecule has 0 amide bonds. The van der Waals surface area contributed by atoms with Gasteiger partial charge in [-0.3, -0.25) is 10.1 Å². The van der Waals surface area contributed by atoms with Gasteiger partial charge in [-0.25, -0.2) is 4.79 Å². The lowest BCUT2D eigenvalue weighted by atomic mass is 10.0. The van der Waals surface area contributed by atoms with Gasteiger partial charge in [-0.2, -0.15) is 0 Å². The monoisotopic (exact) mass is 344 g/mol. The van der Waals surface area contributed by atoms with Gasteiger partial charge in [0.1, 0.15) is 11.4 Å². The zero-order chi connectivity index (χ0) is 17.9. The summed E-state index contributed by atoms with van der Waals surface area (Å²) in [5.74, 6) is -1.29. The number of nitro groups is 1. The normalized spacial score (nSPS) is 11.2. The summed E-state index contributed by atoms with van der Waals surface area (Å²) in [6, 6.07) is 4.35. The first-order valence-electron chi connectivity index (χ1n) is 6.62. The first kappa shape index (κ1) is 17.3. The van der Waals surface area contributed by atoms with Crippen LogP contribution in [0.3, 0.4) is 0 Å². The molecule has 0 saturated heterocycles. The van der Waals surface area contributed by atoms with Gasteiger partial charge in [-0.05, 0) is 24.6 Å². The van der Waals surface area contributed by atoms with Gasteiger partial charge in [0, 0.05) is 0 Å². The first-order valence-corrected chi connectivity index (χ1v) is 6.62. The number of halogens is 3. The summed E-state index contributed by atoms with van der Waals surface area (Å²) in [4.78, 5) is 24.7. The van der Waals surface area contributed by atoms with Crippen molar-refractivity contribution in [2.24, 2.45) is 0 Å². The molecule has 0 aliphatic heterocycles. The number of alkyl halides is 3. The molecule has 10 heteroatoms. The predicted octanol–water partition coefficient (Wildman–Crippen LogP) is 3.67. The topological polar surface area (TPSA) is 94.5 Å². The predicted molar refractivity (Wildman–Crippen MR) is 75.5 cm³/mol. The van der Waals surface area contributed by atoms with E-state index in [-0.39, 0.29) is 23.4 Å². The van der Waals surface area contributed by atoms with E-state index in [1.807, 2.05) is 0 Å². The van der Waals surface area contributed by atoms with E-state index in [4.69, 9.17) is 4.74 Å². The van der Waals surface area contributed by atoms with Crippen LogP contribution in [0.25, 0.3) is 11.1 Å². The second kappa shape index (κ2) is 6.60. The molecule has 0 atom stereocenters. The van der Waals surface area contributed by atoms with Crippen LogP contribution < -0.4 is 4.74 Å². The Morgan fingerprint density at radius 3 is 2.42 bits per heavy atom. The number of ether oxygens (including phenoxy) is 2. The van der Waals surface area contributed by atoms with Crippen molar-refractivity contribution in [2.75, 3.05) is 6.61 Å². The molecule has 0 radical (unpaired) electrons. The van der Waals surface area contributed by atoms with Crippen molar-refractivity contribution in [2.45, 2.75) is 13.3 Å². The molecular formula is C14H11F3N2O5. The molecular weight excluding hydrogens is 333 g/mol. The summed E-state index contributed by atoms with van der Waals surface area (Å²) < 4.78 is 45.0. The number of esters is 1. The molecule has 7 nitrogen and oxygen atoms in total. The minimum absolute atomic E-state index is 0.0590. The fraction of sp³-hybridized carbons (Fsp3) is 0.214. The summed E-state index contributed by atoms with van der Waals surface area (Å²) in [6.07, 6.45) is -3.83. The van der Waals surface area contributed by atoms with Crippen LogP contribution in [0.4, 0.5) is 18.9 Å². The van der Waals surface area contributed by atoms with E-state index >= 15 is 0 Å². The van der Waals surface area contributed by atoms with E-state index in [0.29, 0.717) is 0 Å². The highest BCUT2D eigenvalue weighted by Crippen LogP contribution is 2.35. The number of H-pyrrole nitrogens is 1. The Morgan fingerprint density at radius 2 is 1.92 bits per heavy atom. The van der Waals surface area contributed by atoms with Crippen molar-refractivity contribution in [3.05, 3.63) is 46.3 Å². The first-order chi connectivity index (χ1) is 11.2. The summed E-state index contributed by atoms with van der Waals surface area (Å²) in [6.45, 7) is 1.63. The fourth-order valence-electron chi connectivity index (χ4n) is 2.04. The molecule has 0 unspecified atom stereocenters. The van der Waals surface area contributed by atoms with E-state index in [9.17, 15) is 28.1 Å². The van der Waals surface area contributed by atoms with Crippen molar-refractivity contribution in [1.82, 2.24) is 4.98 Å². The molecule has 1 N–H and O–H groups in total. The molecule has 24 heavy (non-hydrogen) atoms. The third kappa shape index (κ3) is 3.83. The molecule has 0 aliphatic carbocycles. The van der Waals surface area contributed by atoms with E-state index in [1.165, 1.54) is 12.1 Å². The van der Waals surface area contributed by atoms with Gasteiger partial charge in [0.2, 0.25) is 0 Å². The lowest BCUT2D eigenvalue weighted by Crippen LogP contribution is -2.16. The Morgan fingerprint density at radius 1 is 1.29 bits per heavy atom. The number of carbonyl (C=O) groups excluding carboxylic acids is 1. The highest BCUT2D eigenvalue weighted by molar-refractivity contribution is 5.98. The van der Waals surface area contributed by atoms with Crippen LogP contribution in [0.1, 0.15) is 17.4 Å². The smallest absolute Gasteiger partial charge is 0.461 e. The Balaban J connectivity index is 2.44. The van der Waals surface area contributed by atoms with Crippen molar-refractivity contribution in [1.29, 1.82) is 0 Å². The average Bonchev–Trinajstić information content (AvgIpc) is 2.91. The number of aromatic amines is 1. The SMILES string of the molecule is CCOC(=O)c1[nH]cc([N+](=O)[O-])c1-c1ccc(OC(F)(F)F)cc1. The van der Waals surface area contributed by atoms with Gasteiger partial charge in [0.15, 0.2) is 0 Å². The number of nitrogens with zero attached hydrogens (tertiary/aromatic N) is 1. The van der Waals surface area contributed by atoms with Crippen molar-refractivity contribution in [3.8, 4) is 16.9 Å². The van der Waals surface area contributed by atoms with Gasteiger partial charge < -0.3 is 14.5 Å². The molecule has 1 aromatic heterocycles. The molecule has 0 aliphatic rings. The minimum Gasteiger partial charge on any atom is -0.461 e. The molecule has 0 fully saturated rings. The Hall–Kier alpha value is -3.04. The standard InChI is InChI=1S/C14H11F3N2O5/c1-2-23-13(20)12-11(10(7-18-12)19(21)22)8-3-5-9(6-4-8)24-14(15,16)17/h3-7,18H,2H2,1H3. The Kier molecular flexibility index (Phi) is 4.77. The number of hydrogen-bond acceptors (Lipinski definition) is 5. The molecule has 1 heterocycles. The van der Waals surface area contributed by atoms with Crippen LogP contribution in [-0.2, 0) is 4.74 Å². The van der Waals surface area contributed by atoms with E-state index in [1.54, 1.807) is 6.92 Å². The molecule has 0 bridgehead atoms. The van der Waals surface area contributed by atoms with Crippen molar-refractivity contribution >= 4 is 11.7 Å². The second-order valence-corrected chi connectivity index (χ2v) is 4.47. The minimum atomic E-state index is -4.85.